The van der Waals surface area contributed by atoms with Crippen molar-refractivity contribution in [1.29, 1.82) is 0 Å². The molecule has 0 aliphatic heterocycles. The van der Waals surface area contributed by atoms with Crippen LogP contribution in [0.2, 0.25) is 0 Å². The molecule has 1 saturated carbocycles. The molecular formula is C20H21NO5. The largest absolute Gasteiger partial charge is 0.508 e. The number of carboxylic acids is 1. The zero-order valence-corrected chi connectivity index (χ0v) is 14.4. The maximum Gasteiger partial charge on any atom is 0.326 e. The summed E-state index contributed by atoms with van der Waals surface area (Å²) in [4.78, 5) is 24.5. The van der Waals surface area contributed by atoms with Crippen molar-refractivity contribution < 1.29 is 24.5 Å². The van der Waals surface area contributed by atoms with Crippen LogP contribution in [-0.4, -0.2) is 35.2 Å². The van der Waals surface area contributed by atoms with Crippen molar-refractivity contribution in [1.82, 2.24) is 5.32 Å². The van der Waals surface area contributed by atoms with Crippen LogP contribution in [-0.2, 0) is 21.4 Å². The lowest BCUT2D eigenvalue weighted by atomic mass is 9.93. The first kappa shape index (κ1) is 17.8. The molecule has 1 aliphatic carbocycles. The number of phenolic OH excluding ortho intramolecular Hbond substituents is 1. The third kappa shape index (κ3) is 3.35. The molecule has 1 atom stereocenters. The van der Waals surface area contributed by atoms with Gasteiger partial charge in [-0.05, 0) is 30.5 Å². The van der Waals surface area contributed by atoms with Crippen LogP contribution >= 0.6 is 0 Å². The van der Waals surface area contributed by atoms with E-state index in [0.29, 0.717) is 24.2 Å². The van der Waals surface area contributed by atoms with E-state index in [4.69, 9.17) is 4.74 Å². The highest BCUT2D eigenvalue weighted by atomic mass is 16.5. The van der Waals surface area contributed by atoms with Gasteiger partial charge in [0.2, 0.25) is 5.91 Å². The van der Waals surface area contributed by atoms with Crippen molar-refractivity contribution in [2.75, 3.05) is 7.11 Å². The van der Waals surface area contributed by atoms with Crippen LogP contribution in [0.15, 0.2) is 48.5 Å². The summed E-state index contributed by atoms with van der Waals surface area (Å²) in [7, 11) is 1.55. The molecule has 1 amide bonds. The number of carbonyl (C=O) groups excluding carboxylic acids is 1. The SMILES string of the molecule is COc1ccccc1C1(C(=O)NC(Cc2ccccc2O)C(=O)O)CC1. The Morgan fingerprint density at radius 3 is 2.42 bits per heavy atom. The van der Waals surface area contributed by atoms with E-state index in [9.17, 15) is 19.8 Å². The van der Waals surface area contributed by atoms with Crippen molar-refractivity contribution in [3.05, 3.63) is 59.7 Å². The summed E-state index contributed by atoms with van der Waals surface area (Å²) >= 11 is 0. The lowest BCUT2D eigenvalue weighted by molar-refractivity contribution is -0.142. The Labute approximate surface area is 151 Å². The van der Waals surface area contributed by atoms with Crippen LogP contribution in [0, 0.1) is 0 Å². The summed E-state index contributed by atoms with van der Waals surface area (Å²) < 4.78 is 5.36. The number of rotatable bonds is 7. The predicted molar refractivity (Wildman–Crippen MR) is 95.3 cm³/mol. The van der Waals surface area contributed by atoms with Gasteiger partial charge in [-0.3, -0.25) is 4.79 Å². The second-order valence-corrected chi connectivity index (χ2v) is 6.48. The second kappa shape index (κ2) is 7.07. The Hall–Kier alpha value is -3.02. The van der Waals surface area contributed by atoms with Gasteiger partial charge in [0, 0.05) is 12.0 Å². The number of para-hydroxylation sites is 2. The molecule has 0 radical (unpaired) electrons. The Morgan fingerprint density at radius 2 is 1.81 bits per heavy atom. The van der Waals surface area contributed by atoms with E-state index in [2.05, 4.69) is 5.32 Å². The molecule has 3 N–H and O–H groups in total. The van der Waals surface area contributed by atoms with Crippen LogP contribution in [0.3, 0.4) is 0 Å². The van der Waals surface area contributed by atoms with Crippen molar-refractivity contribution in [2.24, 2.45) is 0 Å². The smallest absolute Gasteiger partial charge is 0.326 e. The lowest BCUT2D eigenvalue weighted by Gasteiger charge is -2.22. The zero-order valence-electron chi connectivity index (χ0n) is 14.4. The van der Waals surface area contributed by atoms with Gasteiger partial charge < -0.3 is 20.3 Å². The summed E-state index contributed by atoms with van der Waals surface area (Å²) in [5, 5.41) is 22.0. The highest BCUT2D eigenvalue weighted by Crippen LogP contribution is 2.51. The zero-order chi connectivity index (χ0) is 18.7. The minimum Gasteiger partial charge on any atom is -0.508 e. The predicted octanol–water partition coefficient (Wildman–Crippen LogP) is 2.24. The average molecular weight is 355 g/mol. The maximum absolute atomic E-state index is 12.9. The lowest BCUT2D eigenvalue weighted by Crippen LogP contribution is -2.46. The maximum atomic E-state index is 12.9. The topological polar surface area (TPSA) is 95.9 Å². The summed E-state index contributed by atoms with van der Waals surface area (Å²) in [5.41, 5.74) is 0.494. The number of carboxylic acid groups (broad SMARTS) is 1. The van der Waals surface area contributed by atoms with E-state index in [1.165, 1.54) is 6.07 Å². The van der Waals surface area contributed by atoms with E-state index in [1.54, 1.807) is 31.4 Å². The number of hydrogen-bond acceptors (Lipinski definition) is 4. The molecule has 0 bridgehead atoms. The molecule has 136 valence electrons. The van der Waals surface area contributed by atoms with Gasteiger partial charge in [-0.15, -0.1) is 0 Å². The van der Waals surface area contributed by atoms with E-state index in [0.717, 1.165) is 5.56 Å². The van der Waals surface area contributed by atoms with Gasteiger partial charge >= 0.3 is 5.97 Å². The number of benzene rings is 2. The number of methoxy groups -OCH3 is 1. The summed E-state index contributed by atoms with van der Waals surface area (Å²) in [5.74, 6) is -0.839. The van der Waals surface area contributed by atoms with Crippen LogP contribution < -0.4 is 10.1 Å². The van der Waals surface area contributed by atoms with E-state index in [-0.39, 0.29) is 18.1 Å². The summed E-state index contributed by atoms with van der Waals surface area (Å²) in [6, 6.07) is 12.7. The highest BCUT2D eigenvalue weighted by molar-refractivity contribution is 5.94. The highest BCUT2D eigenvalue weighted by Gasteiger charge is 2.53. The van der Waals surface area contributed by atoms with Gasteiger partial charge in [0.15, 0.2) is 0 Å². The van der Waals surface area contributed by atoms with Gasteiger partial charge in [0.05, 0.1) is 12.5 Å². The Morgan fingerprint density at radius 1 is 1.15 bits per heavy atom. The number of ether oxygens (including phenoxy) is 1. The molecule has 6 heteroatoms. The number of amides is 1. The number of phenols is 1. The van der Waals surface area contributed by atoms with Crippen molar-refractivity contribution >= 4 is 11.9 Å². The van der Waals surface area contributed by atoms with Gasteiger partial charge in [-0.1, -0.05) is 36.4 Å². The Kier molecular flexibility index (Phi) is 4.84. The minimum atomic E-state index is -1.14. The first-order valence-corrected chi connectivity index (χ1v) is 8.42. The number of hydrogen-bond donors (Lipinski definition) is 3. The number of carbonyl (C=O) groups is 2. The second-order valence-electron chi connectivity index (χ2n) is 6.48. The molecule has 1 fully saturated rings. The van der Waals surface area contributed by atoms with E-state index >= 15 is 0 Å². The van der Waals surface area contributed by atoms with Crippen LogP contribution in [0.5, 0.6) is 11.5 Å². The summed E-state index contributed by atoms with van der Waals surface area (Å²) in [6.45, 7) is 0. The standard InChI is InChI=1S/C20H21NO5/c1-26-17-9-5-3-7-14(17)20(10-11-20)19(25)21-15(18(23)24)12-13-6-2-4-8-16(13)22/h2-9,15,22H,10-12H2,1H3,(H,21,25)(H,23,24). The molecule has 6 nitrogen and oxygen atoms in total. The van der Waals surface area contributed by atoms with Gasteiger partial charge in [-0.25, -0.2) is 4.79 Å². The molecule has 0 heterocycles. The molecule has 0 spiro atoms. The third-order valence-corrected chi connectivity index (χ3v) is 4.83. The molecule has 3 rings (SSSR count). The van der Waals surface area contributed by atoms with Crippen molar-refractivity contribution in [3.63, 3.8) is 0 Å². The number of aromatic hydroxyl groups is 1. The summed E-state index contributed by atoms with van der Waals surface area (Å²) in [6.07, 6.45) is 1.29. The van der Waals surface area contributed by atoms with Crippen molar-refractivity contribution in [2.45, 2.75) is 30.7 Å². The molecule has 0 aromatic heterocycles. The number of nitrogens with one attached hydrogen (secondary N) is 1. The van der Waals surface area contributed by atoms with Gasteiger partial charge in [-0.2, -0.15) is 0 Å². The normalized spacial score (nSPS) is 15.7. The molecule has 1 aliphatic rings. The van der Waals surface area contributed by atoms with E-state index in [1.807, 2.05) is 18.2 Å². The minimum absolute atomic E-state index is 0.00967. The Balaban J connectivity index is 1.80. The fourth-order valence-electron chi connectivity index (χ4n) is 3.18. The first-order chi connectivity index (χ1) is 12.5. The van der Waals surface area contributed by atoms with Crippen molar-refractivity contribution in [3.8, 4) is 11.5 Å². The molecule has 2 aromatic rings. The van der Waals surface area contributed by atoms with Gasteiger partial charge in [0.1, 0.15) is 17.5 Å². The third-order valence-electron chi connectivity index (χ3n) is 4.83. The van der Waals surface area contributed by atoms with Crippen LogP contribution in [0.4, 0.5) is 0 Å². The molecule has 0 saturated heterocycles. The fourth-order valence-corrected chi connectivity index (χ4v) is 3.18. The molecule has 2 aromatic carbocycles. The molecule has 1 unspecified atom stereocenters. The number of aliphatic carboxylic acids is 1. The fraction of sp³-hybridized carbons (Fsp3) is 0.300. The Bertz CT molecular complexity index is 828. The quantitative estimate of drug-likeness (QED) is 0.708. The first-order valence-electron chi connectivity index (χ1n) is 8.42. The van der Waals surface area contributed by atoms with Gasteiger partial charge in [0.25, 0.3) is 0 Å². The average Bonchev–Trinajstić information content (AvgIpc) is 3.44. The monoisotopic (exact) mass is 355 g/mol. The molecule has 26 heavy (non-hydrogen) atoms. The van der Waals surface area contributed by atoms with E-state index < -0.39 is 17.4 Å². The van der Waals surface area contributed by atoms with Crippen LogP contribution in [0.25, 0.3) is 0 Å². The van der Waals surface area contributed by atoms with Crippen LogP contribution in [0.1, 0.15) is 24.0 Å². The molecular weight excluding hydrogens is 334 g/mol.